The summed E-state index contributed by atoms with van der Waals surface area (Å²) >= 11 is 5.77. The Kier molecular flexibility index (Phi) is 2.42. The second-order valence-corrected chi connectivity index (χ2v) is 3.37. The van der Waals surface area contributed by atoms with E-state index in [-0.39, 0.29) is 5.75 Å². The van der Waals surface area contributed by atoms with Gasteiger partial charge >= 0.3 is 0 Å². The molecule has 2 rings (SSSR count). The summed E-state index contributed by atoms with van der Waals surface area (Å²) in [5.74, 6) is 0.231. The van der Waals surface area contributed by atoms with Gasteiger partial charge in [-0.1, -0.05) is 35.9 Å². The maximum Gasteiger partial charge on any atom is 0.124 e. The smallest absolute Gasteiger partial charge is 0.124 e. The molecular weight excluding hydrogens is 196 g/mol. The minimum Gasteiger partial charge on any atom is -0.507 e. The maximum atomic E-state index is 9.57. The first-order chi connectivity index (χ1) is 6.77. The summed E-state index contributed by atoms with van der Waals surface area (Å²) in [6, 6.07) is 15.4. The number of hydrogen-bond donors (Lipinski definition) is 1. The van der Waals surface area contributed by atoms with Crippen molar-refractivity contribution in [2.24, 2.45) is 0 Å². The SMILES string of the molecule is Oc1ccc[c]c1-c1ccc(Cl)cc1. The molecule has 2 aromatic rings. The molecule has 0 unspecified atom stereocenters. The standard InChI is InChI=1S/C12H8ClO/c13-10-7-5-9(6-8-10)11-3-1-2-4-12(11)14/h1-2,4-8,14H. The van der Waals surface area contributed by atoms with Crippen LogP contribution in [-0.4, -0.2) is 5.11 Å². The minimum absolute atomic E-state index is 0.231. The molecule has 0 fully saturated rings. The predicted octanol–water partition coefficient (Wildman–Crippen LogP) is 3.51. The second kappa shape index (κ2) is 3.72. The third kappa shape index (κ3) is 1.73. The molecule has 0 saturated carbocycles. The zero-order valence-corrected chi connectivity index (χ0v) is 8.12. The monoisotopic (exact) mass is 203 g/mol. The van der Waals surface area contributed by atoms with Crippen molar-refractivity contribution >= 4 is 11.6 Å². The van der Waals surface area contributed by atoms with Crippen LogP contribution in [0.1, 0.15) is 0 Å². The van der Waals surface area contributed by atoms with Gasteiger partial charge in [-0.05, 0) is 29.8 Å². The molecule has 0 aromatic heterocycles. The number of aromatic hydroxyl groups is 1. The molecule has 0 heterocycles. The molecule has 0 spiro atoms. The number of benzene rings is 2. The van der Waals surface area contributed by atoms with Gasteiger partial charge in [-0.15, -0.1) is 0 Å². The lowest BCUT2D eigenvalue weighted by Crippen LogP contribution is -1.78. The number of rotatable bonds is 1. The fourth-order valence-electron chi connectivity index (χ4n) is 1.28. The average molecular weight is 204 g/mol. The summed E-state index contributed by atoms with van der Waals surface area (Å²) in [5, 5.41) is 10.3. The Labute approximate surface area is 87.6 Å². The Morgan fingerprint density at radius 3 is 2.43 bits per heavy atom. The molecule has 0 bridgehead atoms. The van der Waals surface area contributed by atoms with Crippen LogP contribution in [0.4, 0.5) is 0 Å². The number of halogens is 1. The van der Waals surface area contributed by atoms with Crippen LogP contribution in [0, 0.1) is 6.07 Å². The molecule has 1 nitrogen and oxygen atoms in total. The van der Waals surface area contributed by atoms with Gasteiger partial charge in [0.05, 0.1) is 0 Å². The van der Waals surface area contributed by atoms with E-state index in [1.165, 1.54) is 0 Å². The Hall–Kier alpha value is -1.47. The molecule has 2 aromatic carbocycles. The Bertz CT molecular complexity index is 434. The third-order valence-corrected chi connectivity index (χ3v) is 2.22. The Morgan fingerprint density at radius 2 is 1.79 bits per heavy atom. The summed E-state index contributed by atoms with van der Waals surface area (Å²) in [4.78, 5) is 0. The van der Waals surface area contributed by atoms with E-state index in [0.29, 0.717) is 10.6 Å². The van der Waals surface area contributed by atoms with E-state index in [1.807, 2.05) is 12.1 Å². The van der Waals surface area contributed by atoms with Gasteiger partial charge in [-0.3, -0.25) is 0 Å². The van der Waals surface area contributed by atoms with E-state index < -0.39 is 0 Å². The van der Waals surface area contributed by atoms with E-state index in [0.717, 1.165) is 5.56 Å². The normalized spacial score (nSPS) is 10.1. The number of hydrogen-bond acceptors (Lipinski definition) is 1. The van der Waals surface area contributed by atoms with Crippen LogP contribution in [-0.2, 0) is 0 Å². The first-order valence-electron chi connectivity index (χ1n) is 4.23. The molecule has 69 valence electrons. The Morgan fingerprint density at radius 1 is 1.07 bits per heavy atom. The van der Waals surface area contributed by atoms with Crippen molar-refractivity contribution in [3.05, 3.63) is 53.6 Å². The van der Waals surface area contributed by atoms with Crippen LogP contribution in [0.25, 0.3) is 11.1 Å². The fourth-order valence-corrected chi connectivity index (χ4v) is 1.40. The van der Waals surface area contributed by atoms with E-state index in [1.54, 1.807) is 30.3 Å². The lowest BCUT2D eigenvalue weighted by Gasteiger charge is -2.03. The summed E-state index contributed by atoms with van der Waals surface area (Å²) in [6.45, 7) is 0. The second-order valence-electron chi connectivity index (χ2n) is 2.94. The van der Waals surface area contributed by atoms with Crippen molar-refractivity contribution in [1.82, 2.24) is 0 Å². The van der Waals surface area contributed by atoms with E-state index in [9.17, 15) is 5.11 Å². The number of phenolic OH excluding ortho intramolecular Hbond substituents is 1. The van der Waals surface area contributed by atoms with Crippen molar-refractivity contribution in [3.8, 4) is 16.9 Å². The highest BCUT2D eigenvalue weighted by Gasteiger charge is 2.02. The largest absolute Gasteiger partial charge is 0.507 e. The van der Waals surface area contributed by atoms with Crippen molar-refractivity contribution in [1.29, 1.82) is 0 Å². The molecule has 1 radical (unpaired) electrons. The quantitative estimate of drug-likeness (QED) is 0.752. The predicted molar refractivity (Wildman–Crippen MR) is 57.4 cm³/mol. The van der Waals surface area contributed by atoms with E-state index in [2.05, 4.69) is 6.07 Å². The third-order valence-electron chi connectivity index (χ3n) is 1.97. The summed E-state index contributed by atoms with van der Waals surface area (Å²) in [6.07, 6.45) is 0. The molecule has 0 aliphatic heterocycles. The zero-order chi connectivity index (χ0) is 9.97. The summed E-state index contributed by atoms with van der Waals surface area (Å²) in [7, 11) is 0. The lowest BCUT2D eigenvalue weighted by atomic mass is 10.1. The topological polar surface area (TPSA) is 20.2 Å². The average Bonchev–Trinajstić information content (AvgIpc) is 2.20. The summed E-state index contributed by atoms with van der Waals surface area (Å²) < 4.78 is 0. The van der Waals surface area contributed by atoms with Gasteiger partial charge in [0, 0.05) is 10.6 Å². The van der Waals surface area contributed by atoms with Crippen molar-refractivity contribution in [2.45, 2.75) is 0 Å². The van der Waals surface area contributed by atoms with Crippen molar-refractivity contribution in [2.75, 3.05) is 0 Å². The first kappa shape index (κ1) is 9.10. The van der Waals surface area contributed by atoms with Gasteiger partial charge in [0.2, 0.25) is 0 Å². The van der Waals surface area contributed by atoms with Gasteiger partial charge < -0.3 is 5.11 Å². The van der Waals surface area contributed by atoms with Crippen LogP contribution in [0.2, 0.25) is 5.02 Å². The first-order valence-corrected chi connectivity index (χ1v) is 4.61. The summed E-state index contributed by atoms with van der Waals surface area (Å²) in [5.41, 5.74) is 1.61. The molecule has 2 heteroatoms. The van der Waals surface area contributed by atoms with Crippen LogP contribution < -0.4 is 0 Å². The molecule has 0 amide bonds. The minimum atomic E-state index is 0.231. The molecule has 1 N–H and O–H groups in total. The number of phenols is 1. The molecule has 14 heavy (non-hydrogen) atoms. The van der Waals surface area contributed by atoms with Gasteiger partial charge in [0.1, 0.15) is 5.75 Å². The van der Waals surface area contributed by atoms with Crippen molar-refractivity contribution < 1.29 is 5.11 Å². The van der Waals surface area contributed by atoms with Gasteiger partial charge in [0.15, 0.2) is 0 Å². The van der Waals surface area contributed by atoms with Gasteiger partial charge in [0.25, 0.3) is 0 Å². The van der Waals surface area contributed by atoms with Crippen molar-refractivity contribution in [3.63, 3.8) is 0 Å². The zero-order valence-electron chi connectivity index (χ0n) is 7.37. The van der Waals surface area contributed by atoms with Crippen LogP contribution >= 0.6 is 11.6 Å². The molecule has 0 atom stereocenters. The maximum absolute atomic E-state index is 9.57. The molecule has 0 aliphatic rings. The van der Waals surface area contributed by atoms with Crippen LogP contribution in [0.5, 0.6) is 5.75 Å². The molecular formula is C12H8ClO. The highest BCUT2D eigenvalue weighted by molar-refractivity contribution is 6.30. The fraction of sp³-hybridized carbons (Fsp3) is 0. The van der Waals surface area contributed by atoms with Gasteiger partial charge in [-0.2, -0.15) is 0 Å². The molecule has 0 aliphatic carbocycles. The lowest BCUT2D eigenvalue weighted by molar-refractivity contribution is 0.477. The Balaban J connectivity index is 2.50. The van der Waals surface area contributed by atoms with Crippen LogP contribution in [0.15, 0.2) is 42.5 Å². The van der Waals surface area contributed by atoms with E-state index >= 15 is 0 Å². The van der Waals surface area contributed by atoms with E-state index in [4.69, 9.17) is 11.6 Å². The van der Waals surface area contributed by atoms with Gasteiger partial charge in [-0.25, -0.2) is 0 Å². The van der Waals surface area contributed by atoms with Crippen LogP contribution in [0.3, 0.4) is 0 Å². The highest BCUT2D eigenvalue weighted by Crippen LogP contribution is 2.28. The highest BCUT2D eigenvalue weighted by atomic mass is 35.5. The molecule has 0 saturated heterocycles.